The number of hydrogen-bond acceptors (Lipinski definition) is 5. The Bertz CT molecular complexity index is 794. The van der Waals surface area contributed by atoms with Crippen LogP contribution in [0.15, 0.2) is 22.7 Å². The lowest BCUT2D eigenvalue weighted by molar-refractivity contribution is 0.0622. The van der Waals surface area contributed by atoms with Crippen LogP contribution in [0, 0.1) is 18.6 Å². The van der Waals surface area contributed by atoms with Gasteiger partial charge in [-0.2, -0.15) is 0 Å². The van der Waals surface area contributed by atoms with Crippen LogP contribution >= 0.6 is 0 Å². The lowest BCUT2D eigenvalue weighted by Gasteiger charge is -2.28. The van der Waals surface area contributed by atoms with Gasteiger partial charge in [-0.25, -0.2) is 8.78 Å². The summed E-state index contributed by atoms with van der Waals surface area (Å²) in [4.78, 5) is 14.2. The van der Waals surface area contributed by atoms with Crippen LogP contribution < -0.4 is 5.32 Å². The number of benzene rings is 1. The van der Waals surface area contributed by atoms with E-state index in [4.69, 9.17) is 4.52 Å². The number of nitrogens with one attached hydrogen (secondary N) is 1. The molecule has 2 aromatic rings. The highest BCUT2D eigenvalue weighted by atomic mass is 19.2. The molecule has 0 aliphatic carbocycles. The second-order valence-electron chi connectivity index (χ2n) is 6.56. The molecule has 140 valence electrons. The molecule has 1 atom stereocenters. The first-order chi connectivity index (χ1) is 12.4. The van der Waals surface area contributed by atoms with Gasteiger partial charge in [0.05, 0.1) is 12.6 Å². The summed E-state index contributed by atoms with van der Waals surface area (Å²) in [5, 5.41) is 15.9. The molecule has 0 spiro atoms. The zero-order chi connectivity index (χ0) is 18.7. The largest absolute Gasteiger partial charge is 0.392 e. The first-order valence-corrected chi connectivity index (χ1v) is 8.51. The molecule has 0 bridgehead atoms. The molecular weight excluding hydrogens is 344 g/mol. The number of hydrogen-bond donors (Lipinski definition) is 2. The van der Waals surface area contributed by atoms with E-state index in [1.807, 2.05) is 4.90 Å². The molecule has 1 aromatic heterocycles. The highest BCUT2D eigenvalue weighted by Gasteiger charge is 2.20. The van der Waals surface area contributed by atoms with Gasteiger partial charge in [0, 0.05) is 24.7 Å². The molecule has 1 aromatic carbocycles. The molecule has 6 nitrogen and oxygen atoms in total. The maximum absolute atomic E-state index is 13.8. The van der Waals surface area contributed by atoms with E-state index in [2.05, 4.69) is 10.5 Å². The van der Waals surface area contributed by atoms with Gasteiger partial charge in [0.25, 0.3) is 5.91 Å². The molecule has 0 radical (unpaired) electrons. The number of carbonyl (C=O) groups excluding carboxylic acids is 1. The summed E-state index contributed by atoms with van der Waals surface area (Å²) in [5.41, 5.74) is 0.347. The average Bonchev–Trinajstić information content (AvgIpc) is 3.07. The lowest BCUT2D eigenvalue weighted by atomic mass is 10.1. The van der Waals surface area contributed by atoms with E-state index in [1.54, 1.807) is 0 Å². The second kappa shape index (κ2) is 7.92. The van der Waals surface area contributed by atoms with Crippen molar-refractivity contribution in [3.8, 4) is 0 Å². The number of piperidine rings is 1. The molecule has 26 heavy (non-hydrogen) atoms. The predicted octanol–water partition coefficient (Wildman–Crippen LogP) is 2.15. The Hall–Kier alpha value is -2.32. The molecule has 2 N–H and O–H groups in total. The van der Waals surface area contributed by atoms with Crippen LogP contribution in [0.4, 0.5) is 8.78 Å². The molecule has 1 saturated heterocycles. The number of β-amino-alcohol motifs (C(OH)–C–C–N with tert-alkyl or cyclic N) is 1. The van der Waals surface area contributed by atoms with E-state index in [0.29, 0.717) is 18.8 Å². The SMILES string of the molecule is Cc1ccc(CNC(=O)c2cc(CN3CCC[C@H](O)C3)on2)c(F)c1F. The van der Waals surface area contributed by atoms with Crippen molar-refractivity contribution >= 4 is 5.91 Å². The molecule has 0 unspecified atom stereocenters. The number of likely N-dealkylation sites (tertiary alicyclic amines) is 1. The first kappa shape index (κ1) is 18.5. The van der Waals surface area contributed by atoms with Gasteiger partial charge in [0.2, 0.25) is 0 Å². The number of halogens is 2. The van der Waals surface area contributed by atoms with E-state index in [9.17, 15) is 18.7 Å². The maximum atomic E-state index is 13.8. The number of aliphatic hydroxyl groups excluding tert-OH is 1. The van der Waals surface area contributed by atoms with Crippen molar-refractivity contribution in [2.45, 2.75) is 39.0 Å². The third-order valence-corrected chi connectivity index (χ3v) is 4.45. The Morgan fingerprint density at radius 2 is 2.23 bits per heavy atom. The van der Waals surface area contributed by atoms with Gasteiger partial charge < -0.3 is 14.9 Å². The van der Waals surface area contributed by atoms with Gasteiger partial charge >= 0.3 is 0 Å². The number of aryl methyl sites for hydroxylation is 1. The molecule has 2 heterocycles. The van der Waals surface area contributed by atoms with Gasteiger partial charge in [-0.15, -0.1) is 0 Å². The van der Waals surface area contributed by atoms with Gasteiger partial charge in [-0.1, -0.05) is 17.3 Å². The van der Waals surface area contributed by atoms with E-state index in [1.165, 1.54) is 25.1 Å². The van der Waals surface area contributed by atoms with Gasteiger partial charge in [-0.05, 0) is 31.9 Å². The Kier molecular flexibility index (Phi) is 5.63. The topological polar surface area (TPSA) is 78.6 Å². The maximum Gasteiger partial charge on any atom is 0.273 e. The second-order valence-corrected chi connectivity index (χ2v) is 6.56. The van der Waals surface area contributed by atoms with E-state index < -0.39 is 17.5 Å². The fraction of sp³-hybridized carbons (Fsp3) is 0.444. The van der Waals surface area contributed by atoms with Crippen LogP contribution in [0.5, 0.6) is 0 Å². The standard InChI is InChI=1S/C18H21F2N3O3/c1-11-4-5-12(17(20)16(11)19)8-21-18(25)15-7-14(26-22-15)10-23-6-2-3-13(24)9-23/h4-5,7,13,24H,2-3,6,8-10H2,1H3,(H,21,25)/t13-/m0/s1. The van der Waals surface area contributed by atoms with Crippen LogP contribution in [-0.4, -0.2) is 40.3 Å². The zero-order valence-corrected chi connectivity index (χ0v) is 14.5. The average molecular weight is 365 g/mol. The smallest absolute Gasteiger partial charge is 0.273 e. The Labute approximate surface area is 149 Å². The number of aliphatic hydroxyl groups is 1. The van der Waals surface area contributed by atoms with Crippen LogP contribution in [0.1, 0.15) is 40.2 Å². The summed E-state index contributed by atoms with van der Waals surface area (Å²) in [5.74, 6) is -1.89. The summed E-state index contributed by atoms with van der Waals surface area (Å²) in [6.07, 6.45) is 1.34. The van der Waals surface area contributed by atoms with Crippen molar-refractivity contribution in [2.24, 2.45) is 0 Å². The summed E-state index contributed by atoms with van der Waals surface area (Å²) >= 11 is 0. The summed E-state index contributed by atoms with van der Waals surface area (Å²) < 4.78 is 32.5. The molecule has 1 aliphatic heterocycles. The molecular formula is C18H21F2N3O3. The minimum atomic E-state index is -0.963. The molecule has 8 heteroatoms. The molecule has 1 aliphatic rings. The number of rotatable bonds is 5. The Morgan fingerprint density at radius 1 is 1.42 bits per heavy atom. The van der Waals surface area contributed by atoms with Crippen molar-refractivity contribution in [1.29, 1.82) is 0 Å². The van der Waals surface area contributed by atoms with Crippen molar-refractivity contribution in [2.75, 3.05) is 13.1 Å². The fourth-order valence-electron chi connectivity index (χ4n) is 2.98. The van der Waals surface area contributed by atoms with Crippen molar-refractivity contribution in [3.05, 3.63) is 52.4 Å². The lowest BCUT2D eigenvalue weighted by Crippen LogP contribution is -2.37. The number of amides is 1. The number of aromatic nitrogens is 1. The number of carbonyl (C=O) groups is 1. The monoisotopic (exact) mass is 365 g/mol. The van der Waals surface area contributed by atoms with Crippen LogP contribution in [-0.2, 0) is 13.1 Å². The van der Waals surface area contributed by atoms with Crippen LogP contribution in [0.2, 0.25) is 0 Å². The van der Waals surface area contributed by atoms with Gasteiger partial charge in [0.15, 0.2) is 23.1 Å². The minimum absolute atomic E-state index is 0.0625. The van der Waals surface area contributed by atoms with Crippen molar-refractivity contribution in [1.82, 2.24) is 15.4 Å². The highest BCUT2D eigenvalue weighted by Crippen LogP contribution is 2.16. The quantitative estimate of drug-likeness (QED) is 0.849. The van der Waals surface area contributed by atoms with E-state index in [-0.39, 0.29) is 29.5 Å². The zero-order valence-electron chi connectivity index (χ0n) is 14.5. The highest BCUT2D eigenvalue weighted by molar-refractivity contribution is 5.92. The van der Waals surface area contributed by atoms with E-state index in [0.717, 1.165) is 19.4 Å². The molecule has 1 fully saturated rings. The molecule has 0 saturated carbocycles. The van der Waals surface area contributed by atoms with Gasteiger partial charge in [-0.3, -0.25) is 9.69 Å². The van der Waals surface area contributed by atoms with Crippen LogP contribution in [0.25, 0.3) is 0 Å². The third-order valence-electron chi connectivity index (χ3n) is 4.45. The van der Waals surface area contributed by atoms with E-state index >= 15 is 0 Å². The Morgan fingerprint density at radius 3 is 3.00 bits per heavy atom. The first-order valence-electron chi connectivity index (χ1n) is 8.51. The predicted molar refractivity (Wildman–Crippen MR) is 89.3 cm³/mol. The molecule has 1 amide bonds. The van der Waals surface area contributed by atoms with Crippen molar-refractivity contribution < 1.29 is 23.2 Å². The number of nitrogens with zero attached hydrogens (tertiary/aromatic N) is 2. The molecule has 3 rings (SSSR count). The van der Waals surface area contributed by atoms with Crippen LogP contribution in [0.3, 0.4) is 0 Å². The summed E-state index contributed by atoms with van der Waals surface area (Å²) in [7, 11) is 0. The van der Waals surface area contributed by atoms with Crippen molar-refractivity contribution in [3.63, 3.8) is 0 Å². The summed E-state index contributed by atoms with van der Waals surface area (Å²) in [6.45, 7) is 3.18. The third kappa shape index (κ3) is 4.25. The Balaban J connectivity index is 1.57. The normalized spacial score (nSPS) is 18.1. The fourth-order valence-corrected chi connectivity index (χ4v) is 2.98. The minimum Gasteiger partial charge on any atom is -0.392 e. The summed E-state index contributed by atoms with van der Waals surface area (Å²) in [6, 6.07) is 4.41. The van der Waals surface area contributed by atoms with Gasteiger partial charge in [0.1, 0.15) is 0 Å².